The fraction of sp³-hybridized carbons (Fsp3) is 0.200. The molecule has 0 amide bonds. The maximum atomic E-state index is 12.7. The summed E-state index contributed by atoms with van der Waals surface area (Å²) in [7, 11) is -3.76. The Morgan fingerprint density at radius 1 is 0.950 bits per heavy atom. The Kier molecular flexibility index (Phi) is 3.83. The molecule has 0 aromatic heterocycles. The van der Waals surface area contributed by atoms with E-state index in [1.807, 2.05) is 25.1 Å². The van der Waals surface area contributed by atoms with Crippen LogP contribution in [-0.4, -0.2) is 8.42 Å². The van der Waals surface area contributed by atoms with Gasteiger partial charge in [0.05, 0.1) is 10.6 Å². The van der Waals surface area contributed by atoms with Crippen molar-refractivity contribution in [3.8, 4) is 0 Å². The van der Waals surface area contributed by atoms with Crippen LogP contribution < -0.4 is 10.3 Å². The van der Waals surface area contributed by atoms with Crippen LogP contribution in [0.25, 0.3) is 0 Å². The summed E-state index contributed by atoms with van der Waals surface area (Å²) >= 11 is 0. The molecule has 2 aromatic rings. The van der Waals surface area contributed by atoms with Crippen LogP contribution in [0.2, 0.25) is 0 Å². The van der Waals surface area contributed by atoms with Gasteiger partial charge in [-0.2, -0.15) is 8.42 Å². The fourth-order valence-electron chi connectivity index (χ4n) is 2.39. The zero-order valence-electron chi connectivity index (χ0n) is 11.8. The van der Waals surface area contributed by atoms with Crippen LogP contribution in [0.5, 0.6) is 0 Å². The topological polar surface area (TPSA) is 63.4 Å². The summed E-state index contributed by atoms with van der Waals surface area (Å²) in [5.74, 6) is 5.83. The minimum absolute atomic E-state index is 0.273. The lowest BCUT2D eigenvalue weighted by molar-refractivity contribution is 0.590. The van der Waals surface area contributed by atoms with Gasteiger partial charge < -0.3 is 0 Å². The number of rotatable bonds is 3. The van der Waals surface area contributed by atoms with Crippen molar-refractivity contribution in [2.45, 2.75) is 25.7 Å². The molecule has 20 heavy (non-hydrogen) atoms. The number of anilines is 1. The van der Waals surface area contributed by atoms with E-state index in [1.54, 1.807) is 38.1 Å². The molecule has 0 saturated heterocycles. The number of aryl methyl sites for hydroxylation is 3. The summed E-state index contributed by atoms with van der Waals surface area (Å²) < 4.78 is 26.2. The van der Waals surface area contributed by atoms with Crippen molar-refractivity contribution in [2.75, 3.05) is 4.41 Å². The standard InChI is InChI=1S/C15H18N2O2S/c1-11-9-12(2)15(13(3)10-11)20(18,19)17(16)14-7-5-4-6-8-14/h4-10H,16H2,1-3H3. The summed E-state index contributed by atoms with van der Waals surface area (Å²) in [4.78, 5) is 0.273. The zero-order valence-corrected chi connectivity index (χ0v) is 12.6. The van der Waals surface area contributed by atoms with Crippen molar-refractivity contribution in [1.29, 1.82) is 0 Å². The highest BCUT2D eigenvalue weighted by Crippen LogP contribution is 2.26. The second-order valence-corrected chi connectivity index (χ2v) is 6.62. The van der Waals surface area contributed by atoms with Gasteiger partial charge >= 0.3 is 0 Å². The van der Waals surface area contributed by atoms with Crippen LogP contribution in [0.15, 0.2) is 47.4 Å². The van der Waals surface area contributed by atoms with E-state index in [2.05, 4.69) is 0 Å². The van der Waals surface area contributed by atoms with E-state index in [1.165, 1.54) is 0 Å². The molecular weight excluding hydrogens is 272 g/mol. The Morgan fingerprint density at radius 2 is 1.45 bits per heavy atom. The molecular formula is C15H18N2O2S. The molecule has 0 aliphatic heterocycles. The fourth-order valence-corrected chi connectivity index (χ4v) is 3.91. The molecule has 0 saturated carbocycles. The lowest BCUT2D eigenvalue weighted by Crippen LogP contribution is -2.38. The number of para-hydroxylation sites is 1. The highest BCUT2D eigenvalue weighted by atomic mass is 32.2. The maximum absolute atomic E-state index is 12.7. The number of hydrogen-bond donors (Lipinski definition) is 1. The second kappa shape index (κ2) is 5.26. The molecule has 5 heteroatoms. The van der Waals surface area contributed by atoms with Crippen molar-refractivity contribution in [3.63, 3.8) is 0 Å². The van der Waals surface area contributed by atoms with Crippen LogP contribution in [0.4, 0.5) is 5.69 Å². The molecule has 2 N–H and O–H groups in total. The molecule has 0 radical (unpaired) electrons. The number of sulfonamides is 1. The third-order valence-electron chi connectivity index (χ3n) is 3.13. The smallest absolute Gasteiger partial charge is 0.233 e. The van der Waals surface area contributed by atoms with Gasteiger partial charge in [-0.05, 0) is 44.0 Å². The first-order valence-corrected chi connectivity index (χ1v) is 7.71. The zero-order chi connectivity index (χ0) is 14.9. The van der Waals surface area contributed by atoms with Crippen molar-refractivity contribution in [1.82, 2.24) is 0 Å². The van der Waals surface area contributed by atoms with E-state index in [4.69, 9.17) is 5.84 Å². The van der Waals surface area contributed by atoms with E-state index < -0.39 is 10.0 Å². The molecule has 0 fully saturated rings. The van der Waals surface area contributed by atoms with Crippen LogP contribution in [0.1, 0.15) is 16.7 Å². The highest BCUT2D eigenvalue weighted by Gasteiger charge is 2.26. The third kappa shape index (κ3) is 2.55. The van der Waals surface area contributed by atoms with Crippen LogP contribution in [0, 0.1) is 20.8 Å². The Bertz CT molecular complexity index is 702. The van der Waals surface area contributed by atoms with Gasteiger partial charge in [0.1, 0.15) is 0 Å². The van der Waals surface area contributed by atoms with Gasteiger partial charge in [0.25, 0.3) is 10.0 Å². The molecule has 0 spiro atoms. The number of hydrogen-bond acceptors (Lipinski definition) is 3. The van der Waals surface area contributed by atoms with Gasteiger partial charge in [-0.1, -0.05) is 35.9 Å². The van der Waals surface area contributed by atoms with Crippen molar-refractivity contribution in [2.24, 2.45) is 5.84 Å². The molecule has 0 atom stereocenters. The molecule has 0 aliphatic rings. The van der Waals surface area contributed by atoms with E-state index >= 15 is 0 Å². The molecule has 0 heterocycles. The first-order chi connectivity index (χ1) is 9.34. The number of hydrazine groups is 1. The predicted octanol–water partition coefficient (Wildman–Crippen LogP) is 2.68. The summed E-state index contributed by atoms with van der Waals surface area (Å²) in [6.07, 6.45) is 0. The average molecular weight is 290 g/mol. The van der Waals surface area contributed by atoms with Crippen LogP contribution >= 0.6 is 0 Å². The SMILES string of the molecule is Cc1cc(C)c(S(=O)(=O)N(N)c2ccccc2)c(C)c1. The highest BCUT2D eigenvalue weighted by molar-refractivity contribution is 7.92. The molecule has 0 aliphatic carbocycles. The Morgan fingerprint density at radius 3 is 1.95 bits per heavy atom. The van der Waals surface area contributed by atoms with Gasteiger partial charge in [0.2, 0.25) is 0 Å². The summed E-state index contributed by atoms with van der Waals surface area (Å²) in [6.45, 7) is 5.51. The molecule has 4 nitrogen and oxygen atoms in total. The van der Waals surface area contributed by atoms with Crippen molar-refractivity contribution >= 4 is 15.7 Å². The quantitative estimate of drug-likeness (QED) is 0.698. The minimum atomic E-state index is -3.76. The number of nitrogens with two attached hydrogens (primary N) is 1. The summed E-state index contributed by atoms with van der Waals surface area (Å²) in [5, 5.41) is 0. The lowest BCUT2D eigenvalue weighted by Gasteiger charge is -2.21. The Hall–Kier alpha value is -1.85. The molecule has 106 valence electrons. The van der Waals surface area contributed by atoms with Crippen LogP contribution in [0.3, 0.4) is 0 Å². The van der Waals surface area contributed by atoms with Gasteiger partial charge in [-0.25, -0.2) is 10.3 Å². The lowest BCUT2D eigenvalue weighted by atomic mass is 10.1. The van der Waals surface area contributed by atoms with Crippen molar-refractivity contribution in [3.05, 3.63) is 59.2 Å². The third-order valence-corrected chi connectivity index (χ3v) is 5.02. The summed E-state index contributed by atoms with van der Waals surface area (Å²) in [5.41, 5.74) is 2.87. The molecule has 0 bridgehead atoms. The Balaban J connectivity index is 2.57. The first kappa shape index (κ1) is 14.6. The van der Waals surface area contributed by atoms with Gasteiger partial charge in [-0.15, -0.1) is 0 Å². The van der Waals surface area contributed by atoms with Crippen molar-refractivity contribution < 1.29 is 8.42 Å². The molecule has 2 rings (SSSR count). The largest absolute Gasteiger partial charge is 0.278 e. The monoisotopic (exact) mass is 290 g/mol. The molecule has 0 unspecified atom stereocenters. The van der Waals surface area contributed by atoms with E-state index in [0.717, 1.165) is 9.98 Å². The van der Waals surface area contributed by atoms with Gasteiger partial charge in [-0.3, -0.25) is 0 Å². The van der Waals surface area contributed by atoms with Gasteiger partial charge in [0, 0.05) is 0 Å². The van der Waals surface area contributed by atoms with Gasteiger partial charge in [0.15, 0.2) is 0 Å². The minimum Gasteiger partial charge on any atom is -0.233 e. The normalized spacial score (nSPS) is 11.4. The number of benzene rings is 2. The summed E-state index contributed by atoms with van der Waals surface area (Å²) in [6, 6.07) is 12.3. The number of nitrogens with zero attached hydrogens (tertiary/aromatic N) is 1. The van der Waals surface area contributed by atoms with Crippen LogP contribution in [-0.2, 0) is 10.0 Å². The molecule has 2 aromatic carbocycles. The first-order valence-electron chi connectivity index (χ1n) is 6.27. The Labute approximate surface area is 119 Å². The average Bonchev–Trinajstić information content (AvgIpc) is 2.37. The van der Waals surface area contributed by atoms with E-state index in [0.29, 0.717) is 16.8 Å². The second-order valence-electron chi connectivity index (χ2n) is 4.86. The van der Waals surface area contributed by atoms with E-state index in [-0.39, 0.29) is 4.90 Å². The maximum Gasteiger partial charge on any atom is 0.278 e. The predicted molar refractivity (Wildman–Crippen MR) is 80.9 cm³/mol. The van der Waals surface area contributed by atoms with E-state index in [9.17, 15) is 8.42 Å².